The van der Waals surface area contributed by atoms with Gasteiger partial charge in [0.05, 0.1) is 23.2 Å². The molecule has 1 saturated heterocycles. The molecule has 3 aromatic carbocycles. The van der Waals surface area contributed by atoms with Gasteiger partial charge in [-0.1, -0.05) is 36.4 Å². The van der Waals surface area contributed by atoms with Crippen LogP contribution in [0.5, 0.6) is 5.75 Å². The van der Waals surface area contributed by atoms with Crippen LogP contribution in [0.15, 0.2) is 60.0 Å². The van der Waals surface area contributed by atoms with Gasteiger partial charge in [-0.2, -0.15) is 5.26 Å². The molecule has 0 atom stereocenters. The lowest BCUT2D eigenvalue weighted by atomic mass is 9.97. The second-order valence-corrected chi connectivity index (χ2v) is 11.0. The third-order valence-electron chi connectivity index (χ3n) is 7.36. The molecule has 5 rings (SSSR count). The van der Waals surface area contributed by atoms with Crippen molar-refractivity contribution in [3.63, 3.8) is 0 Å². The average Bonchev–Trinajstić information content (AvgIpc) is 3.43. The fourth-order valence-electron chi connectivity index (χ4n) is 5.11. The lowest BCUT2D eigenvalue weighted by Gasteiger charge is -2.29. The fourth-order valence-corrected chi connectivity index (χ4v) is 5.99. The van der Waals surface area contributed by atoms with E-state index in [2.05, 4.69) is 67.5 Å². The van der Waals surface area contributed by atoms with E-state index in [9.17, 15) is 9.90 Å². The van der Waals surface area contributed by atoms with E-state index in [1.54, 1.807) is 11.3 Å². The predicted molar refractivity (Wildman–Crippen MR) is 155 cm³/mol. The molecule has 4 aromatic rings. The fraction of sp³-hybridized carbons (Fsp3) is 0.281. The summed E-state index contributed by atoms with van der Waals surface area (Å²) in [5.74, 6) is -0.134. The summed E-state index contributed by atoms with van der Waals surface area (Å²) in [4.78, 5) is 18.5. The van der Waals surface area contributed by atoms with Gasteiger partial charge in [0.1, 0.15) is 12.4 Å². The number of anilines is 1. The van der Waals surface area contributed by atoms with Gasteiger partial charge in [0.2, 0.25) is 0 Å². The second kappa shape index (κ2) is 11.3. The maximum Gasteiger partial charge on any atom is 0.306 e. The highest BCUT2D eigenvalue weighted by Gasteiger charge is 2.26. The Hall–Kier alpha value is -4.15. The quantitative estimate of drug-likeness (QED) is 0.269. The van der Waals surface area contributed by atoms with Gasteiger partial charge >= 0.3 is 5.97 Å². The number of carbonyl (C=O) groups is 1. The van der Waals surface area contributed by atoms with E-state index >= 15 is 0 Å². The number of aliphatic carboxylic acids is 1. The average molecular weight is 538 g/mol. The summed E-state index contributed by atoms with van der Waals surface area (Å²) in [5, 5.41) is 21.4. The number of thiazole rings is 1. The van der Waals surface area contributed by atoms with Crippen LogP contribution < -0.4 is 9.64 Å². The molecule has 0 amide bonds. The number of aryl methyl sites for hydroxylation is 3. The zero-order valence-corrected chi connectivity index (χ0v) is 23.2. The van der Waals surface area contributed by atoms with Crippen LogP contribution in [0.25, 0.3) is 22.4 Å². The Bertz CT molecular complexity index is 1540. The first kappa shape index (κ1) is 26.5. The highest BCUT2D eigenvalue weighted by molar-refractivity contribution is 7.14. The van der Waals surface area contributed by atoms with E-state index in [1.807, 2.05) is 24.3 Å². The van der Waals surface area contributed by atoms with Crippen molar-refractivity contribution in [1.82, 2.24) is 4.98 Å². The van der Waals surface area contributed by atoms with Crippen molar-refractivity contribution in [1.29, 1.82) is 5.26 Å². The number of hydrogen-bond acceptors (Lipinski definition) is 6. The van der Waals surface area contributed by atoms with E-state index in [1.165, 1.54) is 0 Å². The molecule has 1 N–H and O–H groups in total. The van der Waals surface area contributed by atoms with Crippen molar-refractivity contribution in [3.05, 3.63) is 87.8 Å². The normalized spacial score (nSPS) is 13.7. The van der Waals surface area contributed by atoms with Crippen LogP contribution in [0.2, 0.25) is 0 Å². The van der Waals surface area contributed by atoms with Crippen LogP contribution in [-0.4, -0.2) is 29.1 Å². The van der Waals surface area contributed by atoms with E-state index < -0.39 is 5.97 Å². The van der Waals surface area contributed by atoms with Gasteiger partial charge in [0.25, 0.3) is 0 Å². The van der Waals surface area contributed by atoms with Crippen molar-refractivity contribution in [2.75, 3.05) is 18.0 Å². The number of nitrogens with zero attached hydrogens (tertiary/aromatic N) is 3. The number of benzene rings is 3. The van der Waals surface area contributed by atoms with Gasteiger partial charge in [-0.15, -0.1) is 11.3 Å². The number of piperidine rings is 1. The zero-order chi connectivity index (χ0) is 27.5. The molecule has 1 aliphatic heterocycles. The Morgan fingerprint density at radius 3 is 2.44 bits per heavy atom. The number of carboxylic acids is 1. The molecule has 39 heavy (non-hydrogen) atoms. The SMILES string of the molecule is Cc1cc(C)c(OCc2ccc(-c3ccc(C#N)cc3)cc2C)c(-c2csc(N3CCC(C(=O)O)CC3)n2)c1. The molecule has 2 heterocycles. The van der Waals surface area contributed by atoms with E-state index in [4.69, 9.17) is 15.0 Å². The number of ether oxygens (including phenoxy) is 1. The van der Waals surface area contributed by atoms with Crippen molar-refractivity contribution < 1.29 is 14.6 Å². The van der Waals surface area contributed by atoms with Gasteiger partial charge in [-0.05, 0) is 85.2 Å². The molecule has 1 aliphatic rings. The Morgan fingerprint density at radius 1 is 1.05 bits per heavy atom. The minimum Gasteiger partial charge on any atom is -0.488 e. The number of carboxylic acid groups (broad SMARTS) is 1. The summed E-state index contributed by atoms with van der Waals surface area (Å²) in [6.45, 7) is 8.09. The summed E-state index contributed by atoms with van der Waals surface area (Å²) < 4.78 is 6.46. The molecule has 0 aliphatic carbocycles. The minimum absolute atomic E-state index is 0.262. The van der Waals surface area contributed by atoms with Gasteiger partial charge in [-0.25, -0.2) is 4.98 Å². The van der Waals surface area contributed by atoms with Crippen molar-refractivity contribution in [2.24, 2.45) is 5.92 Å². The minimum atomic E-state index is -0.703. The zero-order valence-electron chi connectivity index (χ0n) is 22.4. The smallest absolute Gasteiger partial charge is 0.306 e. The van der Waals surface area contributed by atoms with Gasteiger partial charge in [-0.3, -0.25) is 4.79 Å². The Kier molecular flexibility index (Phi) is 7.67. The van der Waals surface area contributed by atoms with Crippen LogP contribution in [0.1, 0.15) is 40.7 Å². The van der Waals surface area contributed by atoms with Crippen molar-refractivity contribution in [2.45, 2.75) is 40.2 Å². The summed E-state index contributed by atoms with van der Waals surface area (Å²) in [6.07, 6.45) is 1.29. The number of hydrogen-bond donors (Lipinski definition) is 1. The third-order valence-corrected chi connectivity index (χ3v) is 8.27. The molecule has 1 aromatic heterocycles. The maximum atomic E-state index is 11.3. The summed E-state index contributed by atoms with van der Waals surface area (Å²) in [7, 11) is 0. The number of aromatic nitrogens is 1. The molecule has 6 nitrogen and oxygen atoms in total. The lowest BCUT2D eigenvalue weighted by Crippen LogP contribution is -2.36. The molecular weight excluding hydrogens is 506 g/mol. The molecule has 0 radical (unpaired) electrons. The van der Waals surface area contributed by atoms with Crippen molar-refractivity contribution >= 4 is 22.4 Å². The first-order chi connectivity index (χ1) is 18.8. The first-order valence-electron chi connectivity index (χ1n) is 13.1. The Labute approximate surface area is 233 Å². The molecule has 1 fully saturated rings. The van der Waals surface area contributed by atoms with Gasteiger partial charge in [0.15, 0.2) is 5.13 Å². The summed E-state index contributed by atoms with van der Waals surface area (Å²) in [5.41, 5.74) is 9.15. The molecular formula is C32H31N3O3S. The number of rotatable bonds is 7. The second-order valence-electron chi connectivity index (χ2n) is 10.2. The van der Waals surface area contributed by atoms with Crippen molar-refractivity contribution in [3.8, 4) is 34.2 Å². The van der Waals surface area contributed by atoms with Crippen LogP contribution in [0, 0.1) is 38.0 Å². The molecule has 7 heteroatoms. The third kappa shape index (κ3) is 5.81. The highest BCUT2D eigenvalue weighted by Crippen LogP contribution is 2.38. The lowest BCUT2D eigenvalue weighted by molar-refractivity contribution is -0.142. The Balaban J connectivity index is 1.34. The summed E-state index contributed by atoms with van der Waals surface area (Å²) >= 11 is 1.59. The largest absolute Gasteiger partial charge is 0.488 e. The monoisotopic (exact) mass is 537 g/mol. The van der Waals surface area contributed by atoms with E-state index in [0.717, 1.165) is 55.5 Å². The van der Waals surface area contributed by atoms with E-state index in [-0.39, 0.29) is 5.92 Å². The van der Waals surface area contributed by atoms with Crippen LogP contribution in [-0.2, 0) is 11.4 Å². The summed E-state index contributed by atoms with van der Waals surface area (Å²) in [6, 6.07) is 20.4. The molecule has 0 saturated carbocycles. The number of nitriles is 1. The predicted octanol–water partition coefficient (Wildman–Crippen LogP) is 7.15. The molecule has 198 valence electrons. The topological polar surface area (TPSA) is 86.5 Å². The van der Waals surface area contributed by atoms with Crippen LogP contribution in [0.3, 0.4) is 0 Å². The highest BCUT2D eigenvalue weighted by atomic mass is 32.1. The van der Waals surface area contributed by atoms with Gasteiger partial charge in [0, 0.05) is 24.0 Å². The standard InChI is InChI=1S/C32H31N3O3S/c1-20-14-22(3)30(28(15-20)29-19-39-32(34-29)35-12-10-25(11-13-35)31(36)37)38-18-27-9-8-26(16-21(27)2)24-6-4-23(17-33)5-7-24/h4-9,14-16,19,25H,10-13,18H2,1-3H3,(H,36,37). The maximum absolute atomic E-state index is 11.3. The van der Waals surface area contributed by atoms with E-state index in [0.29, 0.717) is 38.1 Å². The molecule has 0 bridgehead atoms. The van der Waals surface area contributed by atoms with Crippen LogP contribution in [0.4, 0.5) is 5.13 Å². The van der Waals surface area contributed by atoms with Gasteiger partial charge < -0.3 is 14.7 Å². The first-order valence-corrected chi connectivity index (χ1v) is 14.0. The molecule has 0 spiro atoms. The Morgan fingerprint density at radius 2 is 1.77 bits per heavy atom. The van der Waals surface area contributed by atoms with Crippen LogP contribution >= 0.6 is 11.3 Å². The molecule has 0 unspecified atom stereocenters.